The van der Waals surface area contributed by atoms with Crippen molar-refractivity contribution in [2.45, 2.75) is 0 Å². The van der Waals surface area contributed by atoms with Crippen LogP contribution in [0.4, 0.5) is 0 Å². The second-order valence-electron chi connectivity index (χ2n) is 11.7. The number of thiophene rings is 1. The third-order valence-electron chi connectivity index (χ3n) is 9.21. The first-order chi connectivity index (χ1) is 22.3. The fourth-order valence-electron chi connectivity index (χ4n) is 7.20. The number of hydrogen-bond acceptors (Lipinski definition) is 2. The summed E-state index contributed by atoms with van der Waals surface area (Å²) in [7, 11) is 0. The van der Waals surface area contributed by atoms with Crippen LogP contribution in [-0.2, 0) is 0 Å². The van der Waals surface area contributed by atoms with Gasteiger partial charge in [0.2, 0.25) is 0 Å². The van der Waals surface area contributed by atoms with Crippen LogP contribution in [0.1, 0.15) is 0 Å². The molecule has 2 nitrogen and oxygen atoms in total. The molecule has 0 aliphatic rings. The minimum Gasteiger partial charge on any atom is -0.456 e. The molecule has 0 unspecified atom stereocenters. The minimum absolute atomic E-state index is 0.894. The summed E-state index contributed by atoms with van der Waals surface area (Å²) in [5.74, 6) is 0. The van der Waals surface area contributed by atoms with Crippen LogP contribution >= 0.6 is 11.3 Å². The van der Waals surface area contributed by atoms with Crippen LogP contribution in [-0.4, -0.2) is 4.57 Å². The fourth-order valence-corrected chi connectivity index (χ4v) is 8.43. The molecule has 210 valence electrons. The van der Waals surface area contributed by atoms with Crippen molar-refractivity contribution in [3.63, 3.8) is 0 Å². The van der Waals surface area contributed by atoms with Gasteiger partial charge >= 0.3 is 0 Å². The lowest BCUT2D eigenvalue weighted by Gasteiger charge is -2.09. The molecule has 10 aromatic rings. The highest BCUT2D eigenvalue weighted by Crippen LogP contribution is 2.44. The molecule has 3 heteroatoms. The van der Waals surface area contributed by atoms with Gasteiger partial charge in [0, 0.05) is 59.0 Å². The highest BCUT2D eigenvalue weighted by atomic mass is 32.1. The minimum atomic E-state index is 0.894. The molecule has 0 radical (unpaired) electrons. The third-order valence-corrected chi connectivity index (χ3v) is 10.4. The molecule has 0 bridgehead atoms. The summed E-state index contributed by atoms with van der Waals surface area (Å²) in [5, 5.41) is 7.41. The average molecular weight is 592 g/mol. The van der Waals surface area contributed by atoms with Gasteiger partial charge in [-0.2, -0.15) is 0 Å². The number of benzene rings is 7. The molecule has 0 saturated heterocycles. The highest BCUT2D eigenvalue weighted by Gasteiger charge is 2.18. The Morgan fingerprint density at radius 3 is 2.13 bits per heavy atom. The van der Waals surface area contributed by atoms with E-state index < -0.39 is 0 Å². The molecule has 10 rings (SSSR count). The number of furan rings is 1. The predicted molar refractivity (Wildman–Crippen MR) is 192 cm³/mol. The lowest BCUT2D eigenvalue weighted by molar-refractivity contribution is 0.668. The Balaban J connectivity index is 1.19. The van der Waals surface area contributed by atoms with E-state index in [4.69, 9.17) is 4.42 Å². The predicted octanol–water partition coefficient (Wildman–Crippen LogP) is 12.4. The molecule has 3 heterocycles. The molecule has 0 aliphatic heterocycles. The standard InChI is InChI=1S/C42H25NOS/c1-2-10-26(11-3-1)27-20-23-37-35(24-27)29-12-4-6-17-36(29)43(37)28-21-22-34-39(25-28)44-38-18-9-14-31(41(34)38)33-16-8-15-32-30-13-5-7-19-40(30)45-42(32)33/h1-25H. The molecule has 0 spiro atoms. The first-order valence-corrected chi connectivity index (χ1v) is 16.1. The first kappa shape index (κ1) is 24.8. The topological polar surface area (TPSA) is 18.1 Å². The zero-order chi connectivity index (χ0) is 29.5. The van der Waals surface area contributed by atoms with Gasteiger partial charge in [0.15, 0.2) is 0 Å². The van der Waals surface area contributed by atoms with E-state index in [1.54, 1.807) is 0 Å². The van der Waals surface area contributed by atoms with Gasteiger partial charge in [-0.25, -0.2) is 0 Å². The van der Waals surface area contributed by atoms with Crippen molar-refractivity contribution in [1.29, 1.82) is 0 Å². The molecule has 0 atom stereocenters. The van der Waals surface area contributed by atoms with Gasteiger partial charge in [-0.3, -0.25) is 0 Å². The lowest BCUT2D eigenvalue weighted by Crippen LogP contribution is -1.93. The molecule has 0 N–H and O–H groups in total. The first-order valence-electron chi connectivity index (χ1n) is 15.3. The van der Waals surface area contributed by atoms with Crippen LogP contribution in [0.5, 0.6) is 0 Å². The highest BCUT2D eigenvalue weighted by molar-refractivity contribution is 7.26. The van der Waals surface area contributed by atoms with Gasteiger partial charge in [-0.15, -0.1) is 11.3 Å². The zero-order valence-electron chi connectivity index (χ0n) is 24.2. The van der Waals surface area contributed by atoms with E-state index in [1.807, 2.05) is 11.3 Å². The smallest absolute Gasteiger partial charge is 0.137 e. The van der Waals surface area contributed by atoms with Gasteiger partial charge in [0.25, 0.3) is 0 Å². The second kappa shape index (κ2) is 9.43. The van der Waals surface area contributed by atoms with Gasteiger partial charge in [0.05, 0.1) is 11.0 Å². The Morgan fingerprint density at radius 1 is 0.444 bits per heavy atom. The Labute approximate surface area is 263 Å². The van der Waals surface area contributed by atoms with Crippen LogP contribution in [0.15, 0.2) is 156 Å². The van der Waals surface area contributed by atoms with Gasteiger partial charge in [-0.1, -0.05) is 103 Å². The number of fused-ring (bicyclic) bond motifs is 9. The van der Waals surface area contributed by atoms with E-state index in [0.29, 0.717) is 0 Å². The summed E-state index contributed by atoms with van der Waals surface area (Å²) in [5.41, 5.74) is 10.2. The van der Waals surface area contributed by atoms with Crippen LogP contribution in [0.3, 0.4) is 0 Å². The number of hydrogen-bond donors (Lipinski definition) is 0. The Hall–Kier alpha value is -5.64. The number of para-hydroxylation sites is 1. The summed E-state index contributed by atoms with van der Waals surface area (Å²) in [4.78, 5) is 0. The molecular weight excluding hydrogens is 567 g/mol. The summed E-state index contributed by atoms with van der Waals surface area (Å²) in [6.07, 6.45) is 0. The molecule has 0 saturated carbocycles. The summed E-state index contributed by atoms with van der Waals surface area (Å²) in [6.45, 7) is 0. The van der Waals surface area contributed by atoms with Gasteiger partial charge < -0.3 is 8.98 Å². The van der Waals surface area contributed by atoms with Crippen LogP contribution < -0.4 is 0 Å². The van der Waals surface area contributed by atoms with Crippen LogP contribution in [0.2, 0.25) is 0 Å². The van der Waals surface area contributed by atoms with Crippen molar-refractivity contribution in [2.24, 2.45) is 0 Å². The van der Waals surface area contributed by atoms with E-state index in [2.05, 4.69) is 156 Å². The van der Waals surface area contributed by atoms with Gasteiger partial charge in [0.1, 0.15) is 11.2 Å². The SMILES string of the molecule is c1ccc(-c2ccc3c(c2)c2ccccc2n3-c2ccc3c(c2)oc2cccc(-c4cccc5c4sc4ccccc45)c23)cc1. The molecule has 0 amide bonds. The Kier molecular flexibility index (Phi) is 5.19. The maximum Gasteiger partial charge on any atom is 0.137 e. The summed E-state index contributed by atoms with van der Waals surface area (Å²) < 4.78 is 11.6. The Bertz CT molecular complexity index is 2760. The van der Waals surface area contributed by atoms with E-state index in [1.165, 1.54) is 69.6 Å². The van der Waals surface area contributed by atoms with Crippen molar-refractivity contribution >= 4 is 75.3 Å². The molecule has 7 aromatic carbocycles. The fraction of sp³-hybridized carbons (Fsp3) is 0. The molecule has 0 aliphatic carbocycles. The van der Waals surface area contributed by atoms with E-state index in [-0.39, 0.29) is 0 Å². The number of aromatic nitrogens is 1. The van der Waals surface area contributed by atoms with Crippen molar-refractivity contribution in [1.82, 2.24) is 4.57 Å². The zero-order valence-corrected chi connectivity index (χ0v) is 25.0. The number of nitrogens with zero attached hydrogens (tertiary/aromatic N) is 1. The average Bonchev–Trinajstić information content (AvgIpc) is 3.77. The quantitative estimate of drug-likeness (QED) is 0.200. The molecule has 45 heavy (non-hydrogen) atoms. The maximum absolute atomic E-state index is 6.62. The molecule has 3 aromatic heterocycles. The summed E-state index contributed by atoms with van der Waals surface area (Å²) in [6, 6.07) is 54.6. The van der Waals surface area contributed by atoms with E-state index in [0.717, 1.165) is 22.2 Å². The molecule has 0 fully saturated rings. The second-order valence-corrected chi connectivity index (χ2v) is 12.7. The van der Waals surface area contributed by atoms with Crippen LogP contribution in [0.25, 0.3) is 91.9 Å². The van der Waals surface area contributed by atoms with Crippen molar-refractivity contribution in [3.8, 4) is 27.9 Å². The largest absolute Gasteiger partial charge is 0.456 e. The Morgan fingerprint density at radius 2 is 1.20 bits per heavy atom. The molecular formula is C42H25NOS. The van der Waals surface area contributed by atoms with Crippen molar-refractivity contribution in [2.75, 3.05) is 0 Å². The van der Waals surface area contributed by atoms with E-state index in [9.17, 15) is 0 Å². The van der Waals surface area contributed by atoms with Gasteiger partial charge in [-0.05, 0) is 59.2 Å². The van der Waals surface area contributed by atoms with Crippen molar-refractivity contribution < 1.29 is 4.42 Å². The summed E-state index contributed by atoms with van der Waals surface area (Å²) >= 11 is 1.87. The third kappa shape index (κ3) is 3.62. The van der Waals surface area contributed by atoms with Crippen LogP contribution in [0, 0.1) is 0 Å². The maximum atomic E-state index is 6.62. The lowest BCUT2D eigenvalue weighted by atomic mass is 9.98. The normalized spacial score (nSPS) is 12.0. The number of rotatable bonds is 3. The van der Waals surface area contributed by atoms with Crippen molar-refractivity contribution in [3.05, 3.63) is 152 Å². The monoisotopic (exact) mass is 591 g/mol. The van der Waals surface area contributed by atoms with E-state index >= 15 is 0 Å².